The highest BCUT2D eigenvalue weighted by Crippen LogP contribution is 2.09. The third-order valence-corrected chi connectivity index (χ3v) is 2.19. The van der Waals surface area contributed by atoms with Crippen LogP contribution in [0.1, 0.15) is 5.69 Å². The van der Waals surface area contributed by atoms with E-state index in [1.807, 2.05) is 13.0 Å². The molecule has 90 valence electrons. The molecule has 0 radical (unpaired) electrons. The highest BCUT2D eigenvalue weighted by atomic mass is 35.5. The molecule has 16 heavy (non-hydrogen) atoms. The molecule has 0 spiro atoms. The number of ether oxygens (including phenoxy) is 2. The number of methoxy groups -OCH3 is 2. The van der Waals surface area contributed by atoms with Gasteiger partial charge in [-0.25, -0.2) is 9.97 Å². The normalized spacial score (nSPS) is 12.5. The lowest BCUT2D eigenvalue weighted by Crippen LogP contribution is -2.26. The molecule has 0 saturated heterocycles. The van der Waals surface area contributed by atoms with Crippen LogP contribution in [0.25, 0.3) is 0 Å². The minimum Gasteiger partial charge on any atom is -0.382 e. The number of hydrogen-bond donors (Lipinski definition) is 1. The Labute approximate surface area is 100 Å². The van der Waals surface area contributed by atoms with Crippen molar-refractivity contribution in [3.8, 4) is 0 Å². The monoisotopic (exact) mass is 245 g/mol. The number of halogens is 1. The van der Waals surface area contributed by atoms with Crippen molar-refractivity contribution in [1.29, 1.82) is 0 Å². The summed E-state index contributed by atoms with van der Waals surface area (Å²) in [6, 6.07) is 1.82. The molecule has 0 bridgehead atoms. The number of nitrogens with one attached hydrogen (secondary N) is 1. The van der Waals surface area contributed by atoms with Crippen molar-refractivity contribution >= 4 is 17.4 Å². The molecule has 0 amide bonds. The van der Waals surface area contributed by atoms with Gasteiger partial charge >= 0.3 is 0 Å². The van der Waals surface area contributed by atoms with Crippen molar-refractivity contribution in [3.05, 3.63) is 17.0 Å². The first-order chi connectivity index (χ1) is 7.65. The molecule has 1 aromatic rings. The Bertz CT molecular complexity index is 316. The quantitative estimate of drug-likeness (QED) is 0.770. The predicted octanol–water partition coefficient (Wildman–Crippen LogP) is 1.51. The number of anilines is 1. The van der Waals surface area contributed by atoms with Crippen LogP contribution >= 0.6 is 11.6 Å². The molecular weight excluding hydrogens is 230 g/mol. The minimum atomic E-state index is -0.0148. The largest absolute Gasteiger partial charge is 0.382 e. The Balaban J connectivity index is 2.52. The average Bonchev–Trinajstić information content (AvgIpc) is 2.23. The molecule has 0 aromatic carbocycles. The van der Waals surface area contributed by atoms with Crippen LogP contribution in [-0.4, -0.2) is 43.4 Å². The predicted molar refractivity (Wildman–Crippen MR) is 62.9 cm³/mol. The first-order valence-electron chi connectivity index (χ1n) is 4.92. The molecule has 1 heterocycles. The van der Waals surface area contributed by atoms with Gasteiger partial charge in [0.1, 0.15) is 5.82 Å². The third-order valence-electron chi connectivity index (χ3n) is 2.02. The number of aryl methyl sites for hydroxylation is 1. The summed E-state index contributed by atoms with van der Waals surface area (Å²) in [6.07, 6.45) is -0.0148. The fraction of sp³-hybridized carbons (Fsp3) is 0.600. The molecule has 1 N–H and O–H groups in total. The Morgan fingerprint density at radius 1 is 1.44 bits per heavy atom. The molecule has 6 heteroatoms. The maximum absolute atomic E-state index is 5.74. The minimum absolute atomic E-state index is 0.0148. The van der Waals surface area contributed by atoms with E-state index in [-0.39, 0.29) is 11.4 Å². The standard InChI is InChI=1S/C10H16ClN3O2/c1-7-4-9(14-10(11)13-7)12-5-8(16-3)6-15-2/h4,8H,5-6H2,1-3H3,(H,12,13,14). The lowest BCUT2D eigenvalue weighted by molar-refractivity contribution is 0.0365. The molecule has 0 fully saturated rings. The third kappa shape index (κ3) is 4.30. The highest BCUT2D eigenvalue weighted by molar-refractivity contribution is 6.28. The van der Waals surface area contributed by atoms with Crippen LogP contribution in [0.4, 0.5) is 5.82 Å². The molecule has 1 atom stereocenters. The van der Waals surface area contributed by atoms with E-state index >= 15 is 0 Å². The van der Waals surface area contributed by atoms with Crippen molar-refractivity contribution in [2.24, 2.45) is 0 Å². The smallest absolute Gasteiger partial charge is 0.224 e. The van der Waals surface area contributed by atoms with Crippen LogP contribution in [0.15, 0.2) is 6.07 Å². The summed E-state index contributed by atoms with van der Waals surface area (Å²) in [4.78, 5) is 8.02. The lowest BCUT2D eigenvalue weighted by Gasteiger charge is -2.15. The molecule has 0 saturated carbocycles. The summed E-state index contributed by atoms with van der Waals surface area (Å²) >= 11 is 5.74. The van der Waals surface area contributed by atoms with Gasteiger partial charge in [0.15, 0.2) is 0 Å². The number of aromatic nitrogens is 2. The molecule has 1 aromatic heterocycles. The summed E-state index contributed by atoms with van der Waals surface area (Å²) in [5, 5.41) is 3.36. The van der Waals surface area contributed by atoms with Crippen LogP contribution in [0.2, 0.25) is 5.28 Å². The Morgan fingerprint density at radius 3 is 2.75 bits per heavy atom. The van der Waals surface area contributed by atoms with E-state index in [2.05, 4.69) is 15.3 Å². The summed E-state index contributed by atoms with van der Waals surface area (Å²) < 4.78 is 10.2. The first kappa shape index (κ1) is 13.2. The molecule has 0 aliphatic carbocycles. The zero-order valence-corrected chi connectivity index (χ0v) is 10.4. The van der Waals surface area contributed by atoms with E-state index in [1.165, 1.54) is 0 Å². The Hall–Kier alpha value is -0.910. The van der Waals surface area contributed by atoms with Gasteiger partial charge in [0.25, 0.3) is 0 Å². The fourth-order valence-corrected chi connectivity index (χ4v) is 1.46. The zero-order valence-electron chi connectivity index (χ0n) is 9.66. The Kier molecular flexibility index (Phi) is 5.45. The van der Waals surface area contributed by atoms with Gasteiger partial charge < -0.3 is 14.8 Å². The van der Waals surface area contributed by atoms with Crippen molar-refractivity contribution in [3.63, 3.8) is 0 Å². The van der Waals surface area contributed by atoms with Gasteiger partial charge in [-0.2, -0.15) is 0 Å². The second-order valence-electron chi connectivity index (χ2n) is 3.36. The van der Waals surface area contributed by atoms with Crippen LogP contribution in [0.3, 0.4) is 0 Å². The summed E-state index contributed by atoms with van der Waals surface area (Å²) in [7, 11) is 3.28. The summed E-state index contributed by atoms with van der Waals surface area (Å²) in [5.74, 6) is 0.690. The van der Waals surface area contributed by atoms with Gasteiger partial charge in [-0.1, -0.05) is 0 Å². The SMILES string of the molecule is COCC(CNc1cc(C)nc(Cl)n1)OC. The van der Waals surface area contributed by atoms with Crippen LogP contribution in [0, 0.1) is 6.92 Å². The van der Waals surface area contributed by atoms with E-state index in [1.54, 1.807) is 14.2 Å². The van der Waals surface area contributed by atoms with E-state index < -0.39 is 0 Å². The zero-order chi connectivity index (χ0) is 12.0. The summed E-state index contributed by atoms with van der Waals surface area (Å²) in [6.45, 7) is 3.00. The van der Waals surface area contributed by atoms with Gasteiger partial charge in [0.2, 0.25) is 5.28 Å². The Morgan fingerprint density at radius 2 is 2.19 bits per heavy atom. The molecule has 0 aliphatic heterocycles. The molecule has 5 nitrogen and oxygen atoms in total. The molecule has 1 unspecified atom stereocenters. The molecular formula is C10H16ClN3O2. The average molecular weight is 246 g/mol. The van der Waals surface area contributed by atoms with Crippen molar-refractivity contribution in [2.75, 3.05) is 32.7 Å². The van der Waals surface area contributed by atoms with Crippen LogP contribution in [0.5, 0.6) is 0 Å². The number of rotatable bonds is 6. The van der Waals surface area contributed by atoms with E-state index in [0.717, 1.165) is 5.69 Å². The number of nitrogens with zero attached hydrogens (tertiary/aromatic N) is 2. The van der Waals surface area contributed by atoms with Gasteiger partial charge in [0, 0.05) is 32.5 Å². The first-order valence-corrected chi connectivity index (χ1v) is 5.30. The van der Waals surface area contributed by atoms with Crippen molar-refractivity contribution in [1.82, 2.24) is 9.97 Å². The van der Waals surface area contributed by atoms with Gasteiger partial charge in [-0.05, 0) is 18.5 Å². The highest BCUT2D eigenvalue weighted by Gasteiger charge is 2.07. The number of hydrogen-bond acceptors (Lipinski definition) is 5. The lowest BCUT2D eigenvalue weighted by atomic mass is 10.3. The molecule has 1 rings (SSSR count). The van der Waals surface area contributed by atoms with E-state index in [9.17, 15) is 0 Å². The topological polar surface area (TPSA) is 56.3 Å². The van der Waals surface area contributed by atoms with Gasteiger partial charge in [-0.15, -0.1) is 0 Å². The van der Waals surface area contributed by atoms with Crippen molar-refractivity contribution in [2.45, 2.75) is 13.0 Å². The van der Waals surface area contributed by atoms with Gasteiger partial charge in [-0.3, -0.25) is 0 Å². The van der Waals surface area contributed by atoms with E-state index in [0.29, 0.717) is 19.0 Å². The summed E-state index contributed by atoms with van der Waals surface area (Å²) in [5.41, 5.74) is 0.822. The second kappa shape index (κ2) is 6.62. The maximum Gasteiger partial charge on any atom is 0.224 e. The molecule has 0 aliphatic rings. The van der Waals surface area contributed by atoms with Crippen molar-refractivity contribution < 1.29 is 9.47 Å². The van der Waals surface area contributed by atoms with E-state index in [4.69, 9.17) is 21.1 Å². The maximum atomic E-state index is 5.74. The second-order valence-corrected chi connectivity index (χ2v) is 3.70. The van der Waals surface area contributed by atoms with Crippen LogP contribution in [-0.2, 0) is 9.47 Å². The van der Waals surface area contributed by atoms with Crippen LogP contribution < -0.4 is 5.32 Å². The fourth-order valence-electron chi connectivity index (χ4n) is 1.24. The van der Waals surface area contributed by atoms with Gasteiger partial charge in [0.05, 0.1) is 12.7 Å².